The molecule has 0 saturated carbocycles. The van der Waals surface area contributed by atoms with Crippen LogP contribution in [0.5, 0.6) is 5.75 Å². The maximum atomic E-state index is 14.5. The molecule has 0 fully saturated rings. The molecule has 1 aromatic carbocycles. The number of rotatable bonds is 7. The van der Waals surface area contributed by atoms with Gasteiger partial charge in [0.2, 0.25) is 0 Å². The first kappa shape index (κ1) is 19.5. The van der Waals surface area contributed by atoms with Crippen molar-refractivity contribution in [3.05, 3.63) is 26.7 Å². The van der Waals surface area contributed by atoms with E-state index in [1.54, 1.807) is 10.8 Å². The quantitative estimate of drug-likeness (QED) is 0.309. The molecule has 1 aromatic heterocycles. The van der Waals surface area contributed by atoms with Gasteiger partial charge >= 0.3 is 0 Å². The molecule has 8 heteroatoms. The molecule has 0 amide bonds. The third-order valence-corrected chi connectivity index (χ3v) is 6.27. The van der Waals surface area contributed by atoms with Gasteiger partial charge in [-0.3, -0.25) is 0 Å². The van der Waals surface area contributed by atoms with Crippen LogP contribution in [-0.2, 0) is 11.5 Å². The number of fused-ring (bicyclic) bond motifs is 1. The zero-order valence-electron chi connectivity index (χ0n) is 13.8. The number of ether oxygens (including phenoxy) is 2. The van der Waals surface area contributed by atoms with Crippen LogP contribution < -0.4 is 4.74 Å². The Morgan fingerprint density at radius 3 is 2.75 bits per heavy atom. The topological polar surface area (TPSA) is 47.2 Å². The number of hydrogen-bond donors (Lipinski definition) is 0. The van der Waals surface area contributed by atoms with Gasteiger partial charge in [-0.2, -0.15) is 5.26 Å². The van der Waals surface area contributed by atoms with Crippen LogP contribution in [0.2, 0.25) is 30.7 Å². The van der Waals surface area contributed by atoms with Crippen LogP contribution in [0.3, 0.4) is 0 Å². The number of nitriles is 1. The van der Waals surface area contributed by atoms with Crippen LogP contribution in [0, 0.1) is 20.7 Å². The van der Waals surface area contributed by atoms with E-state index in [0.717, 1.165) is 9.61 Å². The minimum Gasteiger partial charge on any atom is -0.478 e. The molecule has 130 valence electrons. The Labute approximate surface area is 160 Å². The maximum Gasteiger partial charge on any atom is 0.174 e. The van der Waals surface area contributed by atoms with Crippen molar-refractivity contribution in [2.75, 3.05) is 13.2 Å². The van der Waals surface area contributed by atoms with Crippen molar-refractivity contribution in [2.24, 2.45) is 0 Å². The van der Waals surface area contributed by atoms with Gasteiger partial charge < -0.3 is 14.0 Å². The predicted octanol–water partition coefficient (Wildman–Crippen LogP) is 5.25. The van der Waals surface area contributed by atoms with Gasteiger partial charge in [0.05, 0.1) is 15.9 Å². The summed E-state index contributed by atoms with van der Waals surface area (Å²) in [6, 6.07) is 4.36. The summed E-state index contributed by atoms with van der Waals surface area (Å²) < 4.78 is 28.2. The lowest BCUT2D eigenvalue weighted by atomic mass is 10.2. The fraction of sp³-hybridized carbons (Fsp3) is 0.438. The largest absolute Gasteiger partial charge is 0.478 e. The normalized spacial score (nSPS) is 11.7. The maximum absolute atomic E-state index is 14.5. The number of halogens is 3. The van der Waals surface area contributed by atoms with Crippen LogP contribution in [-0.4, -0.2) is 25.9 Å². The smallest absolute Gasteiger partial charge is 0.174 e. The lowest BCUT2D eigenvalue weighted by Crippen LogP contribution is -2.22. The summed E-state index contributed by atoms with van der Waals surface area (Å²) in [5.41, 5.74) is 0.341. The van der Waals surface area contributed by atoms with Crippen molar-refractivity contribution in [2.45, 2.75) is 32.4 Å². The van der Waals surface area contributed by atoms with Crippen molar-refractivity contribution in [3.63, 3.8) is 0 Å². The highest BCUT2D eigenvalue weighted by Crippen LogP contribution is 2.37. The number of nitrogens with zero attached hydrogens (tertiary/aromatic N) is 2. The van der Waals surface area contributed by atoms with Gasteiger partial charge in [0.15, 0.2) is 12.4 Å². The van der Waals surface area contributed by atoms with Crippen LogP contribution in [0.4, 0.5) is 4.39 Å². The third kappa shape index (κ3) is 4.62. The summed E-state index contributed by atoms with van der Waals surface area (Å²) in [5, 5.41) is 9.28. The van der Waals surface area contributed by atoms with E-state index in [1.807, 2.05) is 6.07 Å². The monoisotopic (exact) mass is 480 g/mol. The highest BCUT2D eigenvalue weighted by molar-refractivity contribution is 14.1. The highest BCUT2D eigenvalue weighted by atomic mass is 127. The van der Waals surface area contributed by atoms with Crippen molar-refractivity contribution < 1.29 is 13.9 Å². The van der Waals surface area contributed by atoms with Crippen molar-refractivity contribution >= 4 is 53.2 Å². The van der Waals surface area contributed by atoms with Crippen LogP contribution >= 0.6 is 34.2 Å². The van der Waals surface area contributed by atoms with E-state index in [-0.39, 0.29) is 18.4 Å². The summed E-state index contributed by atoms with van der Waals surface area (Å²) in [6.45, 7) is 7.61. The van der Waals surface area contributed by atoms with Gasteiger partial charge in [0.1, 0.15) is 18.5 Å². The lowest BCUT2D eigenvalue weighted by molar-refractivity contribution is 0.0898. The highest BCUT2D eigenvalue weighted by Gasteiger charge is 2.20. The van der Waals surface area contributed by atoms with Crippen molar-refractivity contribution in [3.8, 4) is 11.8 Å². The SMILES string of the molecule is C[Si](C)(C)CCOCn1cc(I)c2c(OCC#N)cc(Cl)c(F)c21. The molecule has 0 aliphatic carbocycles. The third-order valence-electron chi connectivity index (χ3n) is 3.47. The van der Waals surface area contributed by atoms with Crippen molar-refractivity contribution in [1.29, 1.82) is 5.26 Å². The Morgan fingerprint density at radius 2 is 2.12 bits per heavy atom. The summed E-state index contributed by atoms with van der Waals surface area (Å²) in [6.07, 6.45) is 1.80. The van der Waals surface area contributed by atoms with E-state index < -0.39 is 13.9 Å². The van der Waals surface area contributed by atoms with Gasteiger partial charge in [-0.15, -0.1) is 0 Å². The second-order valence-electron chi connectivity index (χ2n) is 6.64. The lowest BCUT2D eigenvalue weighted by Gasteiger charge is -2.16. The van der Waals surface area contributed by atoms with Crippen LogP contribution in [0.25, 0.3) is 10.9 Å². The second kappa shape index (κ2) is 8.04. The molecule has 0 radical (unpaired) electrons. The number of aromatic nitrogens is 1. The standard InChI is InChI=1S/C16H19ClFIN2O2Si/c1-24(2,3)7-6-22-10-21-9-12(19)14-13(23-5-4-20)8-11(17)15(18)16(14)21/h8-9H,5-7,10H2,1-3H3. The molecule has 0 N–H and O–H groups in total. The van der Waals surface area contributed by atoms with Gasteiger partial charge in [-0.05, 0) is 28.6 Å². The average molecular weight is 481 g/mol. The molecule has 1 heterocycles. The molecule has 0 bridgehead atoms. The molecule has 2 rings (SSSR count). The fourth-order valence-corrected chi connectivity index (χ4v) is 4.03. The number of hydrogen-bond acceptors (Lipinski definition) is 3. The molecule has 4 nitrogen and oxygen atoms in total. The first-order valence-electron chi connectivity index (χ1n) is 7.48. The van der Waals surface area contributed by atoms with Gasteiger partial charge in [0, 0.05) is 30.5 Å². The predicted molar refractivity (Wildman–Crippen MR) is 105 cm³/mol. The van der Waals surface area contributed by atoms with E-state index in [9.17, 15) is 4.39 Å². The van der Waals surface area contributed by atoms with E-state index >= 15 is 0 Å². The molecule has 0 spiro atoms. The molecular weight excluding hydrogens is 462 g/mol. The van der Waals surface area contributed by atoms with E-state index in [2.05, 4.69) is 42.2 Å². The van der Waals surface area contributed by atoms with E-state index in [1.165, 1.54) is 6.07 Å². The van der Waals surface area contributed by atoms with Crippen molar-refractivity contribution in [1.82, 2.24) is 4.57 Å². The van der Waals surface area contributed by atoms with E-state index in [4.69, 9.17) is 26.3 Å². The molecule has 2 aromatic rings. The number of benzene rings is 1. The molecule has 0 aliphatic heterocycles. The molecular formula is C16H19ClFIN2O2Si. The van der Waals surface area contributed by atoms with Gasteiger partial charge in [0.25, 0.3) is 0 Å². The fourth-order valence-electron chi connectivity index (χ4n) is 2.22. The Hall–Kier alpha value is -0.823. The van der Waals surface area contributed by atoms with Gasteiger partial charge in [-0.25, -0.2) is 4.39 Å². The Kier molecular flexibility index (Phi) is 6.53. The zero-order valence-corrected chi connectivity index (χ0v) is 17.7. The second-order valence-corrected chi connectivity index (χ2v) is 13.8. The Morgan fingerprint density at radius 1 is 1.42 bits per heavy atom. The summed E-state index contributed by atoms with van der Waals surface area (Å²) >= 11 is 8.10. The summed E-state index contributed by atoms with van der Waals surface area (Å²) in [4.78, 5) is 0. The first-order valence-corrected chi connectivity index (χ1v) is 12.6. The molecule has 0 aliphatic rings. The molecule has 0 saturated heterocycles. The molecule has 0 atom stereocenters. The zero-order chi connectivity index (χ0) is 17.9. The minimum absolute atomic E-state index is 0.0340. The van der Waals surface area contributed by atoms with Crippen LogP contribution in [0.1, 0.15) is 0 Å². The van der Waals surface area contributed by atoms with E-state index in [0.29, 0.717) is 23.3 Å². The first-order chi connectivity index (χ1) is 11.2. The van der Waals surface area contributed by atoms with Gasteiger partial charge in [-0.1, -0.05) is 31.2 Å². The Balaban J connectivity index is 2.31. The van der Waals surface area contributed by atoms with Crippen LogP contribution in [0.15, 0.2) is 12.3 Å². The Bertz CT molecular complexity index is 783. The molecule has 0 unspecified atom stereocenters. The summed E-state index contributed by atoms with van der Waals surface area (Å²) in [7, 11) is -1.17. The minimum atomic E-state index is -1.17. The average Bonchev–Trinajstić information content (AvgIpc) is 2.82. The summed E-state index contributed by atoms with van der Waals surface area (Å²) in [5.74, 6) is -0.101. The molecule has 24 heavy (non-hydrogen) atoms.